The van der Waals surface area contributed by atoms with Crippen LogP contribution in [0.1, 0.15) is 63.4 Å². The molecular weight excluding hydrogens is 432 g/mol. The molecule has 190 valence electrons. The van der Waals surface area contributed by atoms with Gasteiger partial charge in [0.1, 0.15) is 0 Å². The van der Waals surface area contributed by atoms with Crippen molar-refractivity contribution in [1.29, 1.82) is 0 Å². The van der Waals surface area contributed by atoms with Crippen molar-refractivity contribution in [3.63, 3.8) is 0 Å². The predicted molar refractivity (Wildman–Crippen MR) is 131 cm³/mol. The number of hydrogen-bond donors (Lipinski definition) is 1. The van der Waals surface area contributed by atoms with E-state index in [0.717, 1.165) is 43.3 Å². The first kappa shape index (κ1) is 25.3. The number of likely N-dealkylation sites (tertiary alicyclic amines) is 1. The second-order valence-corrected chi connectivity index (χ2v) is 10.3. The van der Waals surface area contributed by atoms with Crippen LogP contribution in [0.2, 0.25) is 0 Å². The number of hydrogen-bond acceptors (Lipinski definition) is 6. The lowest BCUT2D eigenvalue weighted by Crippen LogP contribution is -2.42. The Morgan fingerprint density at radius 2 is 1.88 bits per heavy atom. The molecule has 4 rings (SSSR count). The molecule has 0 bridgehead atoms. The minimum Gasteiger partial charge on any atom is -0.454 e. The number of amides is 1. The van der Waals surface area contributed by atoms with Gasteiger partial charge in [0.25, 0.3) is 0 Å². The van der Waals surface area contributed by atoms with Crippen LogP contribution in [0, 0.1) is 11.8 Å². The SMILES string of the molecule is COCC(CC(=O)NC1CCC(C(C)CN2CCC(c3cccc4c3OCO4)CC2)CC1)OC. The van der Waals surface area contributed by atoms with Crippen molar-refractivity contribution in [2.75, 3.05) is 47.3 Å². The summed E-state index contributed by atoms with van der Waals surface area (Å²) in [6.07, 6.45) is 7.09. The molecule has 1 amide bonds. The zero-order valence-electron chi connectivity index (χ0n) is 21.1. The second kappa shape index (κ2) is 12.2. The summed E-state index contributed by atoms with van der Waals surface area (Å²) in [5.41, 5.74) is 1.32. The average molecular weight is 475 g/mol. The molecule has 34 heavy (non-hydrogen) atoms. The summed E-state index contributed by atoms with van der Waals surface area (Å²) in [5, 5.41) is 3.22. The number of ether oxygens (including phenoxy) is 4. The van der Waals surface area contributed by atoms with E-state index in [4.69, 9.17) is 18.9 Å². The van der Waals surface area contributed by atoms with Crippen LogP contribution in [-0.4, -0.2) is 70.2 Å². The smallest absolute Gasteiger partial charge is 0.231 e. The van der Waals surface area contributed by atoms with Crippen molar-refractivity contribution >= 4 is 5.91 Å². The van der Waals surface area contributed by atoms with Crippen LogP contribution < -0.4 is 14.8 Å². The Bertz CT molecular complexity index is 787. The van der Waals surface area contributed by atoms with E-state index in [0.29, 0.717) is 37.7 Å². The van der Waals surface area contributed by atoms with Crippen LogP contribution in [0.25, 0.3) is 0 Å². The first-order valence-electron chi connectivity index (χ1n) is 13.0. The van der Waals surface area contributed by atoms with Gasteiger partial charge in [0, 0.05) is 32.4 Å². The normalized spacial score (nSPS) is 25.1. The minimum absolute atomic E-state index is 0.0734. The molecule has 3 aliphatic rings. The highest BCUT2D eigenvalue weighted by atomic mass is 16.7. The van der Waals surface area contributed by atoms with Crippen LogP contribution >= 0.6 is 0 Å². The third-order valence-electron chi connectivity index (χ3n) is 8.04. The van der Waals surface area contributed by atoms with Crippen LogP contribution in [0.3, 0.4) is 0 Å². The number of para-hydroxylation sites is 1. The van der Waals surface area contributed by atoms with Gasteiger partial charge in [0.2, 0.25) is 12.7 Å². The summed E-state index contributed by atoms with van der Waals surface area (Å²) in [6.45, 7) is 6.67. The number of benzene rings is 1. The first-order chi connectivity index (χ1) is 16.6. The van der Waals surface area contributed by atoms with Gasteiger partial charge < -0.3 is 29.2 Å². The summed E-state index contributed by atoms with van der Waals surface area (Å²) in [5.74, 6) is 3.93. The van der Waals surface area contributed by atoms with E-state index in [9.17, 15) is 4.79 Å². The van der Waals surface area contributed by atoms with Gasteiger partial charge in [-0.1, -0.05) is 19.1 Å². The largest absolute Gasteiger partial charge is 0.454 e. The van der Waals surface area contributed by atoms with Crippen molar-refractivity contribution in [2.45, 2.75) is 69.9 Å². The van der Waals surface area contributed by atoms with Gasteiger partial charge in [-0.05, 0) is 75.4 Å². The molecule has 1 aromatic carbocycles. The van der Waals surface area contributed by atoms with E-state index >= 15 is 0 Å². The standard InChI is InChI=1S/C27H42N2O5/c1-19(20-7-9-22(10-8-20)28-26(30)15-23(32-3)17-31-2)16-29-13-11-21(12-14-29)24-5-4-6-25-27(24)34-18-33-25/h4-6,19-23H,7-18H2,1-3H3,(H,28,30). The second-order valence-electron chi connectivity index (χ2n) is 10.3. The van der Waals surface area contributed by atoms with Gasteiger partial charge in [-0.3, -0.25) is 4.79 Å². The minimum atomic E-state index is -0.172. The monoisotopic (exact) mass is 474 g/mol. The Hall–Kier alpha value is -1.83. The van der Waals surface area contributed by atoms with Gasteiger partial charge in [-0.25, -0.2) is 0 Å². The van der Waals surface area contributed by atoms with Crippen LogP contribution in [0.5, 0.6) is 11.5 Å². The number of carbonyl (C=O) groups is 1. The first-order valence-corrected chi connectivity index (χ1v) is 13.0. The lowest BCUT2D eigenvalue weighted by atomic mass is 9.78. The Morgan fingerprint density at radius 3 is 2.59 bits per heavy atom. The van der Waals surface area contributed by atoms with E-state index in [2.05, 4.69) is 29.3 Å². The molecule has 7 nitrogen and oxygen atoms in total. The quantitative estimate of drug-likeness (QED) is 0.554. The van der Waals surface area contributed by atoms with Crippen molar-refractivity contribution in [2.24, 2.45) is 11.8 Å². The van der Waals surface area contributed by atoms with E-state index in [-0.39, 0.29) is 12.0 Å². The third kappa shape index (κ3) is 6.43. The number of nitrogens with one attached hydrogen (secondary N) is 1. The zero-order chi connectivity index (χ0) is 23.9. The Labute approximate surface area is 204 Å². The third-order valence-corrected chi connectivity index (χ3v) is 8.04. The van der Waals surface area contributed by atoms with Crippen molar-refractivity contribution in [3.05, 3.63) is 23.8 Å². The molecule has 2 heterocycles. The Morgan fingerprint density at radius 1 is 1.12 bits per heavy atom. The molecule has 1 N–H and O–H groups in total. The van der Waals surface area contributed by atoms with Gasteiger partial charge in [-0.2, -0.15) is 0 Å². The van der Waals surface area contributed by atoms with Crippen molar-refractivity contribution < 1.29 is 23.7 Å². The van der Waals surface area contributed by atoms with Crippen molar-refractivity contribution in [3.8, 4) is 11.5 Å². The molecule has 2 atom stereocenters. The van der Waals surface area contributed by atoms with Gasteiger partial charge in [-0.15, -0.1) is 0 Å². The maximum absolute atomic E-state index is 12.4. The van der Waals surface area contributed by atoms with E-state index in [1.807, 2.05) is 6.07 Å². The lowest BCUT2D eigenvalue weighted by molar-refractivity contribution is -0.125. The van der Waals surface area contributed by atoms with E-state index in [1.165, 1.54) is 37.8 Å². The number of methoxy groups -OCH3 is 2. The zero-order valence-corrected chi connectivity index (χ0v) is 21.1. The summed E-state index contributed by atoms with van der Waals surface area (Å²) in [6, 6.07) is 6.60. The molecule has 7 heteroatoms. The molecule has 0 spiro atoms. The number of fused-ring (bicyclic) bond motifs is 1. The number of piperidine rings is 1. The fourth-order valence-electron chi connectivity index (χ4n) is 5.98. The summed E-state index contributed by atoms with van der Waals surface area (Å²) in [7, 11) is 3.26. The predicted octanol–water partition coefficient (Wildman–Crippen LogP) is 3.96. The maximum Gasteiger partial charge on any atom is 0.231 e. The molecular formula is C27H42N2O5. The number of rotatable bonds is 10. The summed E-state index contributed by atoms with van der Waals surface area (Å²) >= 11 is 0. The summed E-state index contributed by atoms with van der Waals surface area (Å²) in [4.78, 5) is 15.0. The highest BCUT2D eigenvalue weighted by Gasteiger charge is 2.30. The van der Waals surface area contributed by atoms with Gasteiger partial charge in [0.15, 0.2) is 11.5 Å². The molecule has 2 unspecified atom stereocenters. The number of carbonyl (C=O) groups excluding carboxylic acids is 1. The fraction of sp³-hybridized carbons (Fsp3) is 0.741. The molecule has 1 saturated carbocycles. The van der Waals surface area contributed by atoms with Crippen molar-refractivity contribution in [1.82, 2.24) is 10.2 Å². The lowest BCUT2D eigenvalue weighted by Gasteiger charge is -2.38. The van der Waals surface area contributed by atoms with E-state index < -0.39 is 0 Å². The Balaban J connectivity index is 1.16. The molecule has 0 radical (unpaired) electrons. The highest BCUT2D eigenvalue weighted by Crippen LogP contribution is 2.42. The van der Waals surface area contributed by atoms with Gasteiger partial charge in [0.05, 0.1) is 19.1 Å². The molecule has 1 saturated heterocycles. The topological polar surface area (TPSA) is 69.3 Å². The number of nitrogens with zero attached hydrogens (tertiary/aromatic N) is 1. The van der Waals surface area contributed by atoms with Crippen LogP contribution in [-0.2, 0) is 14.3 Å². The van der Waals surface area contributed by atoms with E-state index in [1.54, 1.807) is 14.2 Å². The molecule has 2 fully saturated rings. The average Bonchev–Trinajstić information content (AvgIpc) is 3.34. The van der Waals surface area contributed by atoms with Crippen LogP contribution in [0.15, 0.2) is 18.2 Å². The molecule has 1 aromatic rings. The summed E-state index contributed by atoms with van der Waals surface area (Å²) < 4.78 is 21.7. The van der Waals surface area contributed by atoms with Crippen LogP contribution in [0.4, 0.5) is 0 Å². The Kier molecular flexibility index (Phi) is 9.09. The molecule has 0 aromatic heterocycles. The van der Waals surface area contributed by atoms with Gasteiger partial charge >= 0.3 is 0 Å². The molecule has 1 aliphatic carbocycles. The molecule has 2 aliphatic heterocycles. The maximum atomic E-state index is 12.4. The highest BCUT2D eigenvalue weighted by molar-refractivity contribution is 5.76. The fourth-order valence-corrected chi connectivity index (χ4v) is 5.98.